The normalized spacial score (nSPS) is 12.3. The minimum Gasteiger partial charge on any atom is -0.507 e. The van der Waals surface area contributed by atoms with Crippen molar-refractivity contribution in [2.45, 2.75) is 39.7 Å². The Morgan fingerprint density at radius 1 is 1.31 bits per heavy atom. The predicted molar refractivity (Wildman–Crippen MR) is 71.1 cm³/mol. The fraction of sp³-hybridized carbons (Fsp3) is 0.538. The number of para-hydroxylation sites is 1. The van der Waals surface area contributed by atoms with Crippen molar-refractivity contribution in [2.24, 2.45) is 11.7 Å². The van der Waals surface area contributed by atoms with Crippen molar-refractivity contribution in [2.75, 3.05) is 0 Å². The third kappa shape index (κ3) is 3.69. The summed E-state index contributed by atoms with van der Waals surface area (Å²) in [6.07, 6.45) is 1.74. The Labute approximate surface area is 104 Å². The van der Waals surface area contributed by atoms with Crippen molar-refractivity contribution in [3.8, 4) is 5.75 Å². The summed E-state index contributed by atoms with van der Waals surface area (Å²) in [6, 6.07) is 5.77. The molecular weight excluding hydrogens is 222 g/mol. The van der Waals surface area contributed by atoms with Gasteiger partial charge >= 0.3 is 0 Å². The first-order chi connectivity index (χ1) is 7.06. The number of phenolic OH excluding ortho intramolecular Hbond substituents is 1. The second-order valence-electron chi connectivity index (χ2n) is 4.44. The molecule has 0 fully saturated rings. The second-order valence-corrected chi connectivity index (χ2v) is 4.44. The van der Waals surface area contributed by atoms with Gasteiger partial charge in [0, 0.05) is 11.6 Å². The van der Waals surface area contributed by atoms with Crippen molar-refractivity contribution in [1.82, 2.24) is 0 Å². The largest absolute Gasteiger partial charge is 0.507 e. The lowest BCUT2D eigenvalue weighted by Crippen LogP contribution is -2.13. The van der Waals surface area contributed by atoms with Crippen molar-refractivity contribution >= 4 is 12.4 Å². The van der Waals surface area contributed by atoms with Crippen LogP contribution in [0.1, 0.15) is 44.4 Å². The molecule has 16 heavy (non-hydrogen) atoms. The van der Waals surface area contributed by atoms with E-state index in [-0.39, 0.29) is 18.4 Å². The van der Waals surface area contributed by atoms with E-state index < -0.39 is 0 Å². The smallest absolute Gasteiger partial charge is 0.123 e. The van der Waals surface area contributed by atoms with Gasteiger partial charge in [0.15, 0.2) is 0 Å². The average molecular weight is 244 g/mol. The Kier molecular flexibility index (Phi) is 6.46. The Morgan fingerprint density at radius 2 is 1.94 bits per heavy atom. The molecule has 0 aliphatic heterocycles. The van der Waals surface area contributed by atoms with E-state index in [0.29, 0.717) is 11.7 Å². The van der Waals surface area contributed by atoms with E-state index in [9.17, 15) is 5.11 Å². The number of halogens is 1. The van der Waals surface area contributed by atoms with E-state index in [2.05, 4.69) is 13.8 Å². The zero-order chi connectivity index (χ0) is 11.4. The number of hydrogen-bond donors (Lipinski definition) is 2. The number of hydrogen-bond acceptors (Lipinski definition) is 2. The van der Waals surface area contributed by atoms with E-state index in [4.69, 9.17) is 5.73 Å². The summed E-state index contributed by atoms with van der Waals surface area (Å²) < 4.78 is 0. The number of nitrogens with two attached hydrogens (primary N) is 1. The molecule has 1 aromatic rings. The molecule has 92 valence electrons. The molecule has 0 aliphatic rings. The van der Waals surface area contributed by atoms with E-state index in [1.165, 1.54) is 0 Å². The number of benzene rings is 1. The number of aryl methyl sites for hydroxylation is 1. The van der Waals surface area contributed by atoms with E-state index >= 15 is 0 Å². The predicted octanol–water partition coefficient (Wildman–Crippen LogP) is 3.42. The van der Waals surface area contributed by atoms with Crippen LogP contribution in [0.25, 0.3) is 0 Å². The highest BCUT2D eigenvalue weighted by Crippen LogP contribution is 2.30. The molecule has 0 bridgehead atoms. The SMILES string of the molecule is CCc1cccc([C@H](N)CC(C)C)c1O.Cl. The molecule has 3 N–H and O–H groups in total. The number of aromatic hydroxyl groups is 1. The molecule has 0 amide bonds. The van der Waals surface area contributed by atoms with Crippen LogP contribution in [-0.4, -0.2) is 5.11 Å². The molecule has 1 rings (SSSR count). The lowest BCUT2D eigenvalue weighted by molar-refractivity contribution is 0.440. The highest BCUT2D eigenvalue weighted by atomic mass is 35.5. The Hall–Kier alpha value is -0.730. The summed E-state index contributed by atoms with van der Waals surface area (Å²) in [5, 5.41) is 9.99. The molecule has 0 saturated carbocycles. The van der Waals surface area contributed by atoms with Crippen LogP contribution in [0.3, 0.4) is 0 Å². The minimum absolute atomic E-state index is 0. The summed E-state index contributed by atoms with van der Waals surface area (Å²) in [5.41, 5.74) is 7.92. The maximum absolute atomic E-state index is 9.99. The third-order valence-electron chi connectivity index (χ3n) is 2.66. The topological polar surface area (TPSA) is 46.2 Å². The standard InChI is InChI=1S/C13H21NO.ClH/c1-4-10-6-5-7-11(13(10)15)12(14)8-9(2)3;/h5-7,9,12,15H,4,8,14H2,1-3H3;1H/t12-;/m1./s1. The zero-order valence-corrected chi connectivity index (χ0v) is 11.1. The minimum atomic E-state index is -0.0588. The molecule has 0 unspecified atom stereocenters. The first-order valence-electron chi connectivity index (χ1n) is 5.62. The van der Waals surface area contributed by atoms with Gasteiger partial charge in [-0.15, -0.1) is 12.4 Å². The maximum atomic E-state index is 9.99. The molecule has 0 heterocycles. The van der Waals surface area contributed by atoms with Crippen LogP contribution in [0.2, 0.25) is 0 Å². The van der Waals surface area contributed by atoms with Gasteiger partial charge in [-0.2, -0.15) is 0 Å². The van der Waals surface area contributed by atoms with Crippen LogP contribution in [0.4, 0.5) is 0 Å². The molecular formula is C13H22ClNO. The zero-order valence-electron chi connectivity index (χ0n) is 10.2. The molecule has 0 saturated heterocycles. The lowest BCUT2D eigenvalue weighted by atomic mass is 9.95. The third-order valence-corrected chi connectivity index (χ3v) is 2.66. The van der Waals surface area contributed by atoms with Crippen LogP contribution in [0, 0.1) is 5.92 Å². The lowest BCUT2D eigenvalue weighted by Gasteiger charge is -2.17. The van der Waals surface area contributed by atoms with Crippen molar-refractivity contribution in [3.63, 3.8) is 0 Å². The molecule has 2 nitrogen and oxygen atoms in total. The van der Waals surface area contributed by atoms with Gasteiger partial charge in [0.1, 0.15) is 5.75 Å². The Bertz CT molecular complexity index is 326. The monoisotopic (exact) mass is 243 g/mol. The van der Waals surface area contributed by atoms with Crippen molar-refractivity contribution < 1.29 is 5.11 Å². The molecule has 1 aromatic carbocycles. The van der Waals surface area contributed by atoms with Gasteiger partial charge in [-0.3, -0.25) is 0 Å². The molecule has 0 spiro atoms. The van der Waals surface area contributed by atoms with Crippen LogP contribution < -0.4 is 5.73 Å². The number of phenols is 1. The number of rotatable bonds is 4. The van der Waals surface area contributed by atoms with Gasteiger partial charge in [0.25, 0.3) is 0 Å². The quantitative estimate of drug-likeness (QED) is 0.851. The van der Waals surface area contributed by atoms with Crippen molar-refractivity contribution in [3.05, 3.63) is 29.3 Å². The molecule has 0 radical (unpaired) electrons. The fourth-order valence-electron chi connectivity index (χ4n) is 1.83. The first-order valence-corrected chi connectivity index (χ1v) is 5.62. The highest BCUT2D eigenvalue weighted by Gasteiger charge is 2.13. The van der Waals surface area contributed by atoms with E-state index in [1.807, 2.05) is 25.1 Å². The van der Waals surface area contributed by atoms with Gasteiger partial charge in [0.05, 0.1) is 0 Å². The first kappa shape index (κ1) is 15.3. The van der Waals surface area contributed by atoms with Gasteiger partial charge in [0.2, 0.25) is 0 Å². The summed E-state index contributed by atoms with van der Waals surface area (Å²) in [4.78, 5) is 0. The summed E-state index contributed by atoms with van der Waals surface area (Å²) >= 11 is 0. The van der Waals surface area contributed by atoms with Gasteiger partial charge in [-0.1, -0.05) is 39.0 Å². The maximum Gasteiger partial charge on any atom is 0.123 e. The second kappa shape index (κ2) is 6.77. The van der Waals surface area contributed by atoms with E-state index in [0.717, 1.165) is 24.0 Å². The summed E-state index contributed by atoms with van der Waals surface area (Å²) in [7, 11) is 0. The van der Waals surface area contributed by atoms with Crippen LogP contribution in [0.15, 0.2) is 18.2 Å². The van der Waals surface area contributed by atoms with E-state index in [1.54, 1.807) is 0 Å². The van der Waals surface area contributed by atoms with Crippen LogP contribution in [-0.2, 0) is 6.42 Å². The van der Waals surface area contributed by atoms with Crippen LogP contribution >= 0.6 is 12.4 Å². The summed E-state index contributed by atoms with van der Waals surface area (Å²) in [5.74, 6) is 0.929. The molecule has 0 aromatic heterocycles. The molecule has 1 atom stereocenters. The van der Waals surface area contributed by atoms with Crippen LogP contribution in [0.5, 0.6) is 5.75 Å². The summed E-state index contributed by atoms with van der Waals surface area (Å²) in [6.45, 7) is 6.31. The molecule has 0 aliphatic carbocycles. The molecule has 3 heteroatoms. The van der Waals surface area contributed by atoms with Crippen molar-refractivity contribution in [1.29, 1.82) is 0 Å². The van der Waals surface area contributed by atoms with Gasteiger partial charge < -0.3 is 10.8 Å². The van der Waals surface area contributed by atoms with Gasteiger partial charge in [-0.25, -0.2) is 0 Å². The Morgan fingerprint density at radius 3 is 2.44 bits per heavy atom. The fourth-order valence-corrected chi connectivity index (χ4v) is 1.83. The Balaban J connectivity index is 0.00000225. The average Bonchev–Trinajstić information content (AvgIpc) is 2.17. The highest BCUT2D eigenvalue weighted by molar-refractivity contribution is 5.85. The van der Waals surface area contributed by atoms with Gasteiger partial charge in [-0.05, 0) is 24.3 Å².